The number of methoxy groups -OCH3 is 1. The fraction of sp³-hybridized carbons (Fsp3) is 0.278. The lowest BCUT2D eigenvalue weighted by atomic mass is 10.1. The SMILES string of the molecule is CC[C@H](NC(=S)Nc1cc(C)ccc1OC)c1ccccc1. The van der Waals surface area contributed by atoms with Crippen LogP contribution in [0.25, 0.3) is 0 Å². The van der Waals surface area contributed by atoms with Crippen LogP contribution in [-0.2, 0) is 0 Å². The Morgan fingerprint density at radius 1 is 1.18 bits per heavy atom. The predicted molar refractivity (Wildman–Crippen MR) is 96.6 cm³/mol. The molecule has 0 aliphatic rings. The van der Waals surface area contributed by atoms with E-state index in [-0.39, 0.29) is 6.04 Å². The molecule has 1 atom stereocenters. The molecule has 0 fully saturated rings. The van der Waals surface area contributed by atoms with Gasteiger partial charge in [0.25, 0.3) is 0 Å². The number of thiocarbonyl (C=S) groups is 1. The van der Waals surface area contributed by atoms with Crippen molar-refractivity contribution >= 4 is 23.0 Å². The normalized spacial score (nSPS) is 11.6. The second-order valence-electron chi connectivity index (χ2n) is 5.17. The molecule has 0 aromatic heterocycles. The molecule has 0 heterocycles. The molecule has 0 saturated carbocycles. The van der Waals surface area contributed by atoms with Crippen molar-refractivity contribution in [2.45, 2.75) is 26.3 Å². The van der Waals surface area contributed by atoms with E-state index in [9.17, 15) is 0 Å². The van der Waals surface area contributed by atoms with Crippen LogP contribution in [0.3, 0.4) is 0 Å². The molecular formula is C18H22N2OS. The Kier molecular flexibility index (Phi) is 5.78. The molecule has 2 rings (SSSR count). The number of hydrogen-bond acceptors (Lipinski definition) is 2. The summed E-state index contributed by atoms with van der Waals surface area (Å²) >= 11 is 5.45. The van der Waals surface area contributed by atoms with Gasteiger partial charge in [0, 0.05) is 0 Å². The van der Waals surface area contributed by atoms with E-state index in [4.69, 9.17) is 17.0 Å². The van der Waals surface area contributed by atoms with Gasteiger partial charge in [-0.15, -0.1) is 0 Å². The van der Waals surface area contributed by atoms with E-state index >= 15 is 0 Å². The van der Waals surface area contributed by atoms with Crippen LogP contribution in [0.4, 0.5) is 5.69 Å². The molecule has 2 aromatic carbocycles. The van der Waals surface area contributed by atoms with E-state index < -0.39 is 0 Å². The zero-order valence-corrected chi connectivity index (χ0v) is 14.0. The standard InChI is InChI=1S/C18H22N2OS/c1-4-15(14-8-6-5-7-9-14)19-18(22)20-16-12-13(2)10-11-17(16)21-3/h5-12,15H,4H2,1-3H3,(H2,19,20,22)/t15-/m0/s1. The van der Waals surface area contributed by atoms with Gasteiger partial charge in [-0.1, -0.05) is 43.3 Å². The molecule has 0 aliphatic heterocycles. The zero-order chi connectivity index (χ0) is 15.9. The maximum absolute atomic E-state index is 5.45. The van der Waals surface area contributed by atoms with Crippen LogP contribution in [0.5, 0.6) is 5.75 Å². The van der Waals surface area contributed by atoms with Gasteiger partial charge in [-0.25, -0.2) is 0 Å². The first kappa shape index (κ1) is 16.3. The summed E-state index contributed by atoms with van der Waals surface area (Å²) in [5.74, 6) is 0.780. The van der Waals surface area contributed by atoms with Crippen molar-refractivity contribution in [3.05, 3.63) is 59.7 Å². The van der Waals surface area contributed by atoms with E-state index in [0.717, 1.165) is 23.4 Å². The van der Waals surface area contributed by atoms with E-state index in [1.165, 1.54) is 5.56 Å². The monoisotopic (exact) mass is 314 g/mol. The van der Waals surface area contributed by atoms with Gasteiger partial charge in [-0.2, -0.15) is 0 Å². The molecule has 2 aromatic rings. The van der Waals surface area contributed by atoms with E-state index in [1.54, 1.807) is 7.11 Å². The number of hydrogen-bond donors (Lipinski definition) is 2. The molecule has 116 valence electrons. The average molecular weight is 314 g/mol. The Hall–Kier alpha value is -2.07. The van der Waals surface area contributed by atoms with Gasteiger partial charge < -0.3 is 15.4 Å². The minimum atomic E-state index is 0.192. The van der Waals surface area contributed by atoms with Gasteiger partial charge in [0.05, 0.1) is 18.8 Å². The van der Waals surface area contributed by atoms with Crippen molar-refractivity contribution in [2.75, 3.05) is 12.4 Å². The average Bonchev–Trinajstić information content (AvgIpc) is 2.53. The lowest BCUT2D eigenvalue weighted by Crippen LogP contribution is -2.32. The molecule has 0 saturated heterocycles. The number of nitrogens with one attached hydrogen (secondary N) is 2. The lowest BCUT2D eigenvalue weighted by Gasteiger charge is -2.21. The van der Waals surface area contributed by atoms with Crippen LogP contribution in [0, 0.1) is 6.92 Å². The highest BCUT2D eigenvalue weighted by molar-refractivity contribution is 7.80. The van der Waals surface area contributed by atoms with Crippen molar-refractivity contribution in [1.29, 1.82) is 0 Å². The summed E-state index contributed by atoms with van der Waals surface area (Å²) in [7, 11) is 1.66. The molecule has 4 heteroatoms. The van der Waals surface area contributed by atoms with Crippen molar-refractivity contribution in [2.24, 2.45) is 0 Å². The maximum Gasteiger partial charge on any atom is 0.171 e. The molecule has 0 spiro atoms. The first-order valence-corrected chi connectivity index (χ1v) is 7.82. The summed E-state index contributed by atoms with van der Waals surface area (Å²) in [4.78, 5) is 0. The van der Waals surface area contributed by atoms with Crippen LogP contribution in [0.1, 0.15) is 30.5 Å². The van der Waals surface area contributed by atoms with Crippen LogP contribution in [0.2, 0.25) is 0 Å². The van der Waals surface area contributed by atoms with Gasteiger partial charge in [0.1, 0.15) is 5.75 Å². The van der Waals surface area contributed by atoms with Gasteiger partial charge in [-0.05, 0) is 48.8 Å². The highest BCUT2D eigenvalue weighted by Gasteiger charge is 2.11. The molecule has 0 unspecified atom stereocenters. The summed E-state index contributed by atoms with van der Waals surface area (Å²) in [6.07, 6.45) is 0.955. The third-order valence-corrected chi connectivity index (χ3v) is 3.74. The van der Waals surface area contributed by atoms with Gasteiger partial charge in [-0.3, -0.25) is 0 Å². The van der Waals surface area contributed by atoms with Crippen LogP contribution in [-0.4, -0.2) is 12.2 Å². The van der Waals surface area contributed by atoms with Gasteiger partial charge in [0.2, 0.25) is 0 Å². The Bertz CT molecular complexity index is 628. The Morgan fingerprint density at radius 3 is 2.55 bits per heavy atom. The minimum absolute atomic E-state index is 0.192. The highest BCUT2D eigenvalue weighted by Crippen LogP contribution is 2.25. The zero-order valence-electron chi connectivity index (χ0n) is 13.2. The molecule has 3 nitrogen and oxygen atoms in total. The molecule has 0 aliphatic carbocycles. The number of rotatable bonds is 5. The summed E-state index contributed by atoms with van der Waals surface area (Å²) < 4.78 is 5.37. The Labute approximate surface area is 137 Å². The fourth-order valence-corrected chi connectivity index (χ4v) is 2.59. The largest absolute Gasteiger partial charge is 0.495 e. The molecule has 0 radical (unpaired) electrons. The number of anilines is 1. The Balaban J connectivity index is 2.08. The van der Waals surface area contributed by atoms with Crippen molar-refractivity contribution in [3.8, 4) is 5.75 Å². The quantitative estimate of drug-likeness (QED) is 0.799. The summed E-state index contributed by atoms with van der Waals surface area (Å²) in [5, 5.41) is 7.20. The summed E-state index contributed by atoms with van der Waals surface area (Å²) in [6, 6.07) is 16.5. The lowest BCUT2D eigenvalue weighted by molar-refractivity contribution is 0.417. The summed E-state index contributed by atoms with van der Waals surface area (Å²) in [6.45, 7) is 4.18. The maximum atomic E-state index is 5.45. The van der Waals surface area contributed by atoms with Crippen molar-refractivity contribution in [1.82, 2.24) is 5.32 Å². The van der Waals surface area contributed by atoms with Crippen molar-refractivity contribution in [3.63, 3.8) is 0 Å². The number of benzene rings is 2. The number of ether oxygens (including phenoxy) is 1. The molecule has 0 bridgehead atoms. The first-order valence-electron chi connectivity index (χ1n) is 7.41. The minimum Gasteiger partial charge on any atom is -0.495 e. The molecule has 22 heavy (non-hydrogen) atoms. The van der Waals surface area contributed by atoms with Gasteiger partial charge in [0.15, 0.2) is 5.11 Å². The topological polar surface area (TPSA) is 33.3 Å². The second kappa shape index (κ2) is 7.80. The highest BCUT2D eigenvalue weighted by atomic mass is 32.1. The number of aryl methyl sites for hydroxylation is 1. The van der Waals surface area contributed by atoms with Crippen LogP contribution in [0.15, 0.2) is 48.5 Å². The van der Waals surface area contributed by atoms with E-state index in [0.29, 0.717) is 5.11 Å². The first-order chi connectivity index (χ1) is 10.6. The van der Waals surface area contributed by atoms with Gasteiger partial charge >= 0.3 is 0 Å². The van der Waals surface area contributed by atoms with Crippen LogP contribution < -0.4 is 15.4 Å². The van der Waals surface area contributed by atoms with Crippen LogP contribution >= 0.6 is 12.2 Å². The third-order valence-electron chi connectivity index (χ3n) is 3.52. The fourth-order valence-electron chi connectivity index (χ4n) is 2.34. The molecule has 0 amide bonds. The predicted octanol–water partition coefficient (Wildman–Crippen LogP) is 4.44. The molecular weight excluding hydrogens is 292 g/mol. The summed E-state index contributed by atoms with van der Waals surface area (Å²) in [5.41, 5.74) is 3.26. The molecule has 2 N–H and O–H groups in total. The second-order valence-corrected chi connectivity index (χ2v) is 5.58. The van der Waals surface area contributed by atoms with E-state index in [2.05, 4.69) is 29.7 Å². The Morgan fingerprint density at radius 2 is 1.91 bits per heavy atom. The van der Waals surface area contributed by atoms with E-state index in [1.807, 2.05) is 43.3 Å². The third kappa shape index (κ3) is 4.21. The van der Waals surface area contributed by atoms with Crippen molar-refractivity contribution < 1.29 is 4.74 Å². The smallest absolute Gasteiger partial charge is 0.171 e.